The van der Waals surface area contributed by atoms with Gasteiger partial charge in [-0.05, 0) is 80.5 Å². The van der Waals surface area contributed by atoms with Crippen molar-refractivity contribution in [2.24, 2.45) is 0 Å². The summed E-state index contributed by atoms with van der Waals surface area (Å²) in [5.74, 6) is 0.379. The summed E-state index contributed by atoms with van der Waals surface area (Å²) in [5, 5.41) is 3.41. The van der Waals surface area contributed by atoms with Gasteiger partial charge in [0.2, 0.25) is 5.91 Å². The third-order valence-electron chi connectivity index (χ3n) is 8.19. The lowest BCUT2D eigenvalue weighted by atomic mass is 10.1. The fraction of sp³-hybridized carbons (Fsp3) is 0.400. The second-order valence-electron chi connectivity index (χ2n) is 11.6. The van der Waals surface area contributed by atoms with E-state index >= 15 is 0 Å². The molecule has 2 fully saturated rings. The number of hydrogen-bond donors (Lipinski definition) is 1. The van der Waals surface area contributed by atoms with Crippen molar-refractivity contribution in [2.75, 3.05) is 56.1 Å². The summed E-state index contributed by atoms with van der Waals surface area (Å²) < 4.78 is 5.64. The summed E-state index contributed by atoms with van der Waals surface area (Å²) in [6, 6.07) is 25.1. The molecule has 3 aromatic rings. The van der Waals surface area contributed by atoms with Gasteiger partial charge in [0.1, 0.15) is 11.8 Å². The molecule has 2 heterocycles. The maximum atomic E-state index is 13.8. The molecule has 0 saturated carbocycles. The van der Waals surface area contributed by atoms with Gasteiger partial charge in [0.15, 0.2) is 5.11 Å². The molecule has 2 amide bonds. The maximum Gasteiger partial charge on any atom is 0.256 e. The molecule has 0 spiro atoms. The number of benzene rings is 3. The van der Waals surface area contributed by atoms with Crippen molar-refractivity contribution >= 4 is 40.5 Å². The van der Waals surface area contributed by atoms with Crippen LogP contribution >= 0.6 is 12.2 Å². The molecule has 0 bridgehead atoms. The fourth-order valence-corrected chi connectivity index (χ4v) is 6.15. The Labute approximate surface area is 266 Å². The van der Waals surface area contributed by atoms with Crippen LogP contribution in [0.25, 0.3) is 0 Å². The normalized spacial score (nSPS) is 17.7. The molecule has 9 heteroatoms. The van der Waals surface area contributed by atoms with Crippen molar-refractivity contribution in [3.63, 3.8) is 0 Å². The van der Waals surface area contributed by atoms with Gasteiger partial charge in [-0.25, -0.2) is 0 Å². The first-order valence-electron chi connectivity index (χ1n) is 15.6. The summed E-state index contributed by atoms with van der Waals surface area (Å²) in [5.41, 5.74) is 3.85. The summed E-state index contributed by atoms with van der Waals surface area (Å²) >= 11 is 5.88. The highest BCUT2D eigenvalue weighted by Crippen LogP contribution is 2.28. The first-order valence-corrected chi connectivity index (χ1v) is 16.0. The number of carbonyl (C=O) groups is 2. The SMILES string of the molecule is CCCOc1ccc(NC(=O)CC2C(=O)N(c3ccc(C)cc3)C(=S)N2CCCN2CCN(Cc3ccccc3)CC2)cc1. The molecule has 1 N–H and O–H groups in total. The molecule has 0 aliphatic carbocycles. The monoisotopic (exact) mass is 613 g/mol. The van der Waals surface area contributed by atoms with Crippen LogP contribution in [0.4, 0.5) is 11.4 Å². The highest BCUT2D eigenvalue weighted by atomic mass is 32.1. The van der Waals surface area contributed by atoms with E-state index in [1.54, 1.807) is 4.90 Å². The van der Waals surface area contributed by atoms with Crippen molar-refractivity contribution < 1.29 is 14.3 Å². The molecule has 8 nitrogen and oxygen atoms in total. The van der Waals surface area contributed by atoms with Crippen LogP contribution in [0.15, 0.2) is 78.9 Å². The minimum atomic E-state index is -0.654. The molecular weight excluding hydrogens is 570 g/mol. The highest BCUT2D eigenvalue weighted by Gasteiger charge is 2.43. The van der Waals surface area contributed by atoms with E-state index in [-0.39, 0.29) is 18.2 Å². The van der Waals surface area contributed by atoms with Crippen molar-refractivity contribution in [1.29, 1.82) is 0 Å². The van der Waals surface area contributed by atoms with Gasteiger partial charge >= 0.3 is 0 Å². The first-order chi connectivity index (χ1) is 21.4. The summed E-state index contributed by atoms with van der Waals surface area (Å²) in [6.45, 7) is 11.3. The van der Waals surface area contributed by atoms with E-state index in [9.17, 15) is 9.59 Å². The average molecular weight is 614 g/mol. The Hall–Kier alpha value is -3.79. The summed E-state index contributed by atoms with van der Waals surface area (Å²) in [6.07, 6.45) is 1.80. The lowest BCUT2D eigenvalue weighted by Gasteiger charge is -2.35. The van der Waals surface area contributed by atoms with Gasteiger partial charge in [-0.1, -0.05) is 55.0 Å². The van der Waals surface area contributed by atoms with Crippen molar-refractivity contribution in [3.05, 3.63) is 90.0 Å². The van der Waals surface area contributed by atoms with Gasteiger partial charge in [-0.15, -0.1) is 0 Å². The van der Waals surface area contributed by atoms with Crippen LogP contribution in [-0.4, -0.2) is 83.5 Å². The minimum absolute atomic E-state index is 0.0214. The van der Waals surface area contributed by atoms with Gasteiger partial charge in [0.25, 0.3) is 5.91 Å². The largest absolute Gasteiger partial charge is 0.494 e. The number of hydrogen-bond acceptors (Lipinski definition) is 6. The second kappa shape index (κ2) is 15.3. The Morgan fingerprint density at radius 3 is 2.27 bits per heavy atom. The smallest absolute Gasteiger partial charge is 0.256 e. The molecule has 0 aromatic heterocycles. The zero-order chi connectivity index (χ0) is 30.9. The van der Waals surface area contributed by atoms with Gasteiger partial charge < -0.3 is 19.9 Å². The molecule has 5 rings (SSSR count). The third-order valence-corrected chi connectivity index (χ3v) is 8.60. The number of ether oxygens (including phenoxy) is 1. The predicted molar refractivity (Wildman–Crippen MR) is 180 cm³/mol. The summed E-state index contributed by atoms with van der Waals surface area (Å²) in [7, 11) is 0. The van der Waals surface area contributed by atoms with E-state index in [0.29, 0.717) is 24.0 Å². The van der Waals surface area contributed by atoms with Crippen LogP contribution in [0, 0.1) is 6.92 Å². The first kappa shape index (κ1) is 31.6. The molecule has 2 saturated heterocycles. The summed E-state index contributed by atoms with van der Waals surface area (Å²) in [4.78, 5) is 35.5. The van der Waals surface area contributed by atoms with Crippen LogP contribution in [0.3, 0.4) is 0 Å². The van der Waals surface area contributed by atoms with Gasteiger partial charge in [0, 0.05) is 45.0 Å². The topological polar surface area (TPSA) is 68.4 Å². The highest BCUT2D eigenvalue weighted by molar-refractivity contribution is 7.80. The number of anilines is 2. The maximum absolute atomic E-state index is 13.8. The number of carbonyl (C=O) groups excluding carboxylic acids is 2. The zero-order valence-corrected chi connectivity index (χ0v) is 26.6. The number of piperazine rings is 1. The van der Waals surface area contributed by atoms with Crippen LogP contribution in [0.2, 0.25) is 0 Å². The fourth-order valence-electron chi connectivity index (χ4n) is 5.74. The number of amides is 2. The van der Waals surface area contributed by atoms with Crippen LogP contribution in [-0.2, 0) is 16.1 Å². The van der Waals surface area contributed by atoms with E-state index in [4.69, 9.17) is 17.0 Å². The molecule has 3 aromatic carbocycles. The Morgan fingerprint density at radius 2 is 1.59 bits per heavy atom. The second-order valence-corrected chi connectivity index (χ2v) is 11.9. The van der Waals surface area contributed by atoms with E-state index in [2.05, 4.69) is 52.4 Å². The van der Waals surface area contributed by atoms with Crippen molar-refractivity contribution in [2.45, 2.75) is 45.7 Å². The lowest BCUT2D eigenvalue weighted by Crippen LogP contribution is -2.47. The van der Waals surface area contributed by atoms with E-state index < -0.39 is 6.04 Å². The number of thiocarbonyl (C=S) groups is 1. The van der Waals surface area contributed by atoms with E-state index in [1.807, 2.05) is 60.4 Å². The molecular formula is C35H43N5O3S. The van der Waals surface area contributed by atoms with Crippen molar-refractivity contribution in [1.82, 2.24) is 14.7 Å². The van der Waals surface area contributed by atoms with Crippen molar-refractivity contribution in [3.8, 4) is 5.75 Å². The average Bonchev–Trinajstić information content (AvgIpc) is 3.26. The molecule has 1 unspecified atom stereocenters. The predicted octanol–water partition coefficient (Wildman–Crippen LogP) is 5.32. The molecule has 1 atom stereocenters. The lowest BCUT2D eigenvalue weighted by molar-refractivity contribution is -0.124. The Bertz CT molecular complexity index is 1390. The number of rotatable bonds is 13. The van der Waals surface area contributed by atoms with Crippen LogP contribution in [0.1, 0.15) is 37.3 Å². The Balaban J connectivity index is 1.19. The van der Waals surface area contributed by atoms with Crippen LogP contribution < -0.4 is 15.0 Å². The Morgan fingerprint density at radius 1 is 0.909 bits per heavy atom. The van der Waals surface area contributed by atoms with Gasteiger partial charge in [-0.2, -0.15) is 0 Å². The molecule has 232 valence electrons. The number of aryl methyl sites for hydroxylation is 1. The zero-order valence-electron chi connectivity index (χ0n) is 25.8. The number of nitrogens with zero attached hydrogens (tertiary/aromatic N) is 4. The Kier molecular flexibility index (Phi) is 11.0. The van der Waals surface area contributed by atoms with Gasteiger partial charge in [0.05, 0.1) is 18.7 Å². The van der Waals surface area contributed by atoms with Gasteiger partial charge in [-0.3, -0.25) is 19.4 Å². The van der Waals surface area contributed by atoms with E-state index in [0.717, 1.165) is 69.1 Å². The molecule has 0 radical (unpaired) electrons. The van der Waals surface area contributed by atoms with E-state index in [1.165, 1.54) is 5.56 Å². The standard InChI is InChI=1S/C35H43N5O3S/c1-3-24-43-31-16-12-29(13-17-31)36-33(41)25-32-34(42)40(30-14-10-27(2)11-15-30)35(44)39(32)19-7-18-37-20-22-38(23-21-37)26-28-8-5-4-6-9-28/h4-6,8-17,32H,3,7,18-26H2,1-2H3,(H,36,41). The minimum Gasteiger partial charge on any atom is -0.494 e. The van der Waals surface area contributed by atoms with Crippen LogP contribution in [0.5, 0.6) is 5.75 Å². The third kappa shape index (κ3) is 8.22. The molecule has 2 aliphatic heterocycles. The molecule has 44 heavy (non-hydrogen) atoms. The number of nitrogens with one attached hydrogen (secondary N) is 1. The quantitative estimate of drug-likeness (QED) is 0.262. The molecule has 2 aliphatic rings.